The molecule has 0 radical (unpaired) electrons. The molecule has 2 atom stereocenters. The lowest BCUT2D eigenvalue weighted by atomic mass is 10.0. The maximum atomic E-state index is 9.27. The molecule has 2 N–H and O–H groups in total. The second kappa shape index (κ2) is 10.4. The van der Waals surface area contributed by atoms with Gasteiger partial charge in [-0.2, -0.15) is 15.2 Å². The smallest absolute Gasteiger partial charge is 0.318 e. The van der Waals surface area contributed by atoms with Crippen LogP contribution in [0.2, 0.25) is 0 Å². The van der Waals surface area contributed by atoms with E-state index in [0.717, 1.165) is 70.0 Å². The first kappa shape index (κ1) is 24.9. The van der Waals surface area contributed by atoms with Crippen molar-refractivity contribution >= 4 is 22.3 Å². The average Bonchev–Trinajstić information content (AvgIpc) is 3.37. The second-order valence-corrected chi connectivity index (χ2v) is 11.3. The summed E-state index contributed by atoms with van der Waals surface area (Å²) in [5, 5.41) is 18.9. The first-order valence-electron chi connectivity index (χ1n) is 13.9. The topological polar surface area (TPSA) is 89.3 Å². The summed E-state index contributed by atoms with van der Waals surface area (Å²) in [5.74, 6) is 0.979. The lowest BCUT2D eigenvalue weighted by Crippen LogP contribution is -2.51. The summed E-state index contributed by atoms with van der Waals surface area (Å²) < 4.78 is 6.29. The Bertz CT molecular complexity index is 1360. The van der Waals surface area contributed by atoms with Crippen molar-refractivity contribution in [2.75, 3.05) is 49.1 Å². The van der Waals surface area contributed by atoms with Gasteiger partial charge < -0.3 is 25.2 Å². The number of piperazine rings is 1. The van der Waals surface area contributed by atoms with Crippen LogP contribution in [0, 0.1) is 18.3 Å². The van der Waals surface area contributed by atoms with Crippen LogP contribution in [0.25, 0.3) is 10.8 Å². The van der Waals surface area contributed by atoms with Gasteiger partial charge in [-0.15, -0.1) is 0 Å². The summed E-state index contributed by atoms with van der Waals surface area (Å²) in [4.78, 5) is 14.8. The summed E-state index contributed by atoms with van der Waals surface area (Å²) in [6.07, 6.45) is 3.62. The SMILES string of the molecule is Cc1ccc2cccc(N3CCc4c(nc(OC[C@]5(C)CCCN5)nc4N4CCNC(CC#N)C4)C3)c2c1. The molecule has 2 fully saturated rings. The van der Waals surface area contributed by atoms with Gasteiger partial charge in [0.2, 0.25) is 0 Å². The first-order valence-corrected chi connectivity index (χ1v) is 13.9. The molecule has 3 aromatic rings. The van der Waals surface area contributed by atoms with Crippen LogP contribution in [0.5, 0.6) is 6.01 Å². The van der Waals surface area contributed by atoms with Crippen molar-refractivity contribution in [2.24, 2.45) is 0 Å². The van der Waals surface area contributed by atoms with Crippen LogP contribution < -0.4 is 25.2 Å². The molecule has 2 saturated heterocycles. The summed E-state index contributed by atoms with van der Waals surface area (Å²) in [7, 11) is 0. The molecule has 8 nitrogen and oxygen atoms in total. The minimum absolute atomic E-state index is 0.0424. The number of hydrogen-bond acceptors (Lipinski definition) is 8. The number of rotatable bonds is 6. The summed E-state index contributed by atoms with van der Waals surface area (Å²) in [5.41, 5.74) is 4.73. The van der Waals surface area contributed by atoms with Gasteiger partial charge in [0.05, 0.1) is 24.7 Å². The van der Waals surface area contributed by atoms with Crippen molar-refractivity contribution < 1.29 is 4.74 Å². The molecule has 198 valence electrons. The molecule has 38 heavy (non-hydrogen) atoms. The molecule has 2 aromatic carbocycles. The van der Waals surface area contributed by atoms with Crippen molar-refractivity contribution in [1.82, 2.24) is 20.6 Å². The van der Waals surface area contributed by atoms with Crippen LogP contribution in [-0.2, 0) is 13.0 Å². The molecule has 3 aliphatic heterocycles. The maximum absolute atomic E-state index is 9.27. The van der Waals surface area contributed by atoms with E-state index in [9.17, 15) is 5.26 Å². The van der Waals surface area contributed by atoms with Crippen molar-refractivity contribution in [3.63, 3.8) is 0 Å². The zero-order valence-electron chi connectivity index (χ0n) is 22.5. The van der Waals surface area contributed by atoms with Crippen LogP contribution in [0.4, 0.5) is 11.5 Å². The lowest BCUT2D eigenvalue weighted by Gasteiger charge is -2.37. The minimum Gasteiger partial charge on any atom is -0.461 e. The number of fused-ring (bicyclic) bond motifs is 2. The number of hydrogen-bond donors (Lipinski definition) is 2. The van der Waals surface area contributed by atoms with Gasteiger partial charge in [-0.25, -0.2) is 0 Å². The van der Waals surface area contributed by atoms with Gasteiger partial charge in [-0.3, -0.25) is 0 Å². The predicted octanol–water partition coefficient (Wildman–Crippen LogP) is 3.71. The molecule has 8 heteroatoms. The minimum atomic E-state index is -0.0424. The second-order valence-electron chi connectivity index (χ2n) is 11.3. The third-order valence-corrected chi connectivity index (χ3v) is 8.25. The van der Waals surface area contributed by atoms with Crippen LogP contribution in [-0.4, -0.2) is 60.9 Å². The largest absolute Gasteiger partial charge is 0.461 e. The third kappa shape index (κ3) is 5.01. The Balaban J connectivity index is 1.34. The summed E-state index contributed by atoms with van der Waals surface area (Å²) in [6, 6.07) is 16.1. The molecule has 1 aromatic heterocycles. The van der Waals surface area contributed by atoms with Gasteiger partial charge in [0.25, 0.3) is 0 Å². The number of benzene rings is 2. The van der Waals surface area contributed by atoms with E-state index >= 15 is 0 Å². The van der Waals surface area contributed by atoms with Crippen LogP contribution >= 0.6 is 0 Å². The molecular formula is C30H37N7O. The van der Waals surface area contributed by atoms with E-state index in [4.69, 9.17) is 14.7 Å². The molecule has 4 heterocycles. The Morgan fingerprint density at radius 3 is 2.92 bits per heavy atom. The Morgan fingerprint density at radius 1 is 1.16 bits per heavy atom. The van der Waals surface area contributed by atoms with Crippen LogP contribution in [0.1, 0.15) is 43.0 Å². The van der Waals surface area contributed by atoms with Crippen molar-refractivity contribution in [2.45, 2.75) is 57.7 Å². The molecule has 6 rings (SSSR count). The van der Waals surface area contributed by atoms with E-state index in [1.807, 2.05) is 0 Å². The molecule has 3 aliphatic rings. The highest BCUT2D eigenvalue weighted by molar-refractivity contribution is 5.95. The van der Waals surface area contributed by atoms with Gasteiger partial charge >= 0.3 is 6.01 Å². The van der Waals surface area contributed by atoms with E-state index in [0.29, 0.717) is 19.0 Å². The number of aromatic nitrogens is 2. The zero-order valence-corrected chi connectivity index (χ0v) is 22.5. The van der Waals surface area contributed by atoms with Crippen molar-refractivity contribution in [1.29, 1.82) is 5.26 Å². The molecule has 0 bridgehead atoms. The van der Waals surface area contributed by atoms with E-state index < -0.39 is 0 Å². The fourth-order valence-corrected chi connectivity index (χ4v) is 6.13. The molecule has 1 unspecified atom stereocenters. The molecule has 0 saturated carbocycles. The van der Waals surface area contributed by atoms with Crippen molar-refractivity contribution in [3.8, 4) is 12.1 Å². The number of nitrogens with zero attached hydrogens (tertiary/aromatic N) is 5. The van der Waals surface area contributed by atoms with Gasteiger partial charge in [-0.05, 0) is 57.2 Å². The van der Waals surface area contributed by atoms with Crippen LogP contribution in [0.3, 0.4) is 0 Å². The maximum Gasteiger partial charge on any atom is 0.318 e. The predicted molar refractivity (Wildman–Crippen MR) is 151 cm³/mol. The normalized spacial score (nSPS) is 23.3. The van der Waals surface area contributed by atoms with E-state index in [1.165, 1.54) is 27.6 Å². The Labute approximate surface area is 225 Å². The number of nitrogens with one attached hydrogen (secondary N) is 2. The average molecular weight is 512 g/mol. The third-order valence-electron chi connectivity index (χ3n) is 8.25. The Kier molecular flexibility index (Phi) is 6.81. The number of anilines is 2. The highest BCUT2D eigenvalue weighted by atomic mass is 16.5. The summed E-state index contributed by atoms with van der Waals surface area (Å²) in [6.45, 7) is 10.0. The highest BCUT2D eigenvalue weighted by Crippen LogP contribution is 2.35. The molecule has 0 spiro atoms. The lowest BCUT2D eigenvalue weighted by molar-refractivity contribution is 0.198. The zero-order chi connectivity index (χ0) is 26.1. The number of nitriles is 1. The van der Waals surface area contributed by atoms with Gasteiger partial charge in [0.1, 0.15) is 12.4 Å². The number of ether oxygens (including phenoxy) is 1. The quantitative estimate of drug-likeness (QED) is 0.518. The van der Waals surface area contributed by atoms with Crippen LogP contribution in [0.15, 0.2) is 36.4 Å². The fourth-order valence-electron chi connectivity index (χ4n) is 6.13. The molecular weight excluding hydrogens is 474 g/mol. The van der Waals surface area contributed by atoms with E-state index in [-0.39, 0.29) is 11.6 Å². The van der Waals surface area contributed by atoms with Gasteiger partial charge in [-0.1, -0.05) is 29.8 Å². The Hall–Kier alpha value is -3.41. The van der Waals surface area contributed by atoms with E-state index in [1.54, 1.807) is 0 Å². The Morgan fingerprint density at radius 2 is 2.08 bits per heavy atom. The molecule has 0 aliphatic carbocycles. The number of aryl methyl sites for hydroxylation is 1. The van der Waals surface area contributed by atoms with E-state index in [2.05, 4.69) is 76.7 Å². The van der Waals surface area contributed by atoms with Gasteiger partial charge in [0, 0.05) is 54.4 Å². The van der Waals surface area contributed by atoms with Crippen molar-refractivity contribution in [3.05, 3.63) is 53.2 Å². The standard InChI is InChI=1S/C30H37N7O/c1-21-7-8-22-5-3-6-27(25(22)17-21)36-15-10-24-26(19-36)34-29(38-20-30(2)11-4-13-33-30)35-28(24)37-16-14-32-23(18-37)9-12-31/h3,5-8,17,23,32-33H,4,9-11,13-16,18-20H2,1-2H3/t23?,30-/m0/s1. The monoisotopic (exact) mass is 511 g/mol. The first-order chi connectivity index (χ1) is 18.5. The summed E-state index contributed by atoms with van der Waals surface area (Å²) >= 11 is 0. The molecule has 0 amide bonds. The van der Waals surface area contributed by atoms with Gasteiger partial charge in [0.15, 0.2) is 0 Å². The highest BCUT2D eigenvalue weighted by Gasteiger charge is 2.32. The fraction of sp³-hybridized carbons (Fsp3) is 0.500.